The first-order valence-corrected chi connectivity index (χ1v) is 13.1. The summed E-state index contributed by atoms with van der Waals surface area (Å²) < 4.78 is 6.19. The monoisotopic (exact) mass is 501 g/mol. The van der Waals surface area contributed by atoms with Crippen molar-refractivity contribution in [2.24, 2.45) is 9.98 Å². The van der Waals surface area contributed by atoms with Gasteiger partial charge in [0, 0.05) is 21.9 Å². The van der Waals surface area contributed by atoms with Crippen LogP contribution in [0.3, 0.4) is 0 Å². The number of rotatable bonds is 3. The molecule has 4 heteroatoms. The number of furan rings is 1. The minimum Gasteiger partial charge on any atom is -0.456 e. The topological polar surface area (TPSA) is 49.9 Å². The van der Waals surface area contributed by atoms with Crippen LogP contribution >= 0.6 is 0 Å². The van der Waals surface area contributed by atoms with E-state index < -0.39 is 0 Å². The molecule has 4 nitrogen and oxygen atoms in total. The fourth-order valence-corrected chi connectivity index (χ4v) is 5.56. The third-order valence-electron chi connectivity index (χ3n) is 7.49. The molecule has 0 saturated carbocycles. The number of para-hydroxylation sites is 1. The van der Waals surface area contributed by atoms with Crippen LogP contribution in [-0.2, 0) is 0 Å². The zero-order valence-electron chi connectivity index (χ0n) is 21.0. The molecule has 0 saturated heterocycles. The number of benzene rings is 6. The summed E-state index contributed by atoms with van der Waals surface area (Å²) >= 11 is 0. The molecule has 6 aromatic carbocycles. The van der Waals surface area contributed by atoms with Crippen molar-refractivity contribution in [1.29, 1.82) is 0 Å². The summed E-state index contributed by atoms with van der Waals surface area (Å²) in [4.78, 5) is 10.3. The Bertz CT molecular complexity index is 2120. The molecular formula is C35H23N3O. The molecule has 1 aliphatic rings. The van der Waals surface area contributed by atoms with Crippen molar-refractivity contribution in [1.82, 2.24) is 5.32 Å². The number of hydrogen-bond acceptors (Lipinski definition) is 4. The number of nitrogens with zero attached hydrogens (tertiary/aromatic N) is 2. The molecule has 184 valence electrons. The van der Waals surface area contributed by atoms with Crippen molar-refractivity contribution in [3.63, 3.8) is 0 Å². The Labute approximate surface area is 224 Å². The molecule has 0 radical (unpaired) electrons. The normalized spacial score (nSPS) is 15.4. The van der Waals surface area contributed by atoms with E-state index in [0.29, 0.717) is 0 Å². The van der Waals surface area contributed by atoms with E-state index in [4.69, 9.17) is 14.4 Å². The van der Waals surface area contributed by atoms with Gasteiger partial charge in [-0.1, -0.05) is 103 Å². The van der Waals surface area contributed by atoms with Gasteiger partial charge >= 0.3 is 0 Å². The van der Waals surface area contributed by atoms with Crippen LogP contribution in [0.25, 0.3) is 43.5 Å². The van der Waals surface area contributed by atoms with Gasteiger partial charge in [-0.05, 0) is 51.4 Å². The highest BCUT2D eigenvalue weighted by Crippen LogP contribution is 2.33. The van der Waals surface area contributed by atoms with Crippen LogP contribution in [0.15, 0.2) is 142 Å². The highest BCUT2D eigenvalue weighted by atomic mass is 16.3. The quantitative estimate of drug-likeness (QED) is 0.264. The average molecular weight is 502 g/mol. The highest BCUT2D eigenvalue weighted by molar-refractivity contribution is 6.23. The predicted octanol–water partition coefficient (Wildman–Crippen LogP) is 8.39. The van der Waals surface area contributed by atoms with Crippen molar-refractivity contribution in [2.75, 3.05) is 0 Å². The van der Waals surface area contributed by atoms with E-state index >= 15 is 0 Å². The van der Waals surface area contributed by atoms with Gasteiger partial charge in [0.1, 0.15) is 22.8 Å². The maximum atomic E-state index is 6.19. The molecular weight excluding hydrogens is 478 g/mol. The molecule has 0 bridgehead atoms. The van der Waals surface area contributed by atoms with Gasteiger partial charge in [0.2, 0.25) is 0 Å². The Hall–Kier alpha value is -5.22. The first kappa shape index (κ1) is 21.8. The predicted molar refractivity (Wildman–Crippen MR) is 161 cm³/mol. The summed E-state index contributed by atoms with van der Waals surface area (Å²) in [5.74, 6) is 1.58. The van der Waals surface area contributed by atoms with Gasteiger partial charge in [-0.25, -0.2) is 9.98 Å². The van der Waals surface area contributed by atoms with E-state index in [1.54, 1.807) is 0 Å². The Morgan fingerprint density at radius 1 is 0.538 bits per heavy atom. The third-order valence-corrected chi connectivity index (χ3v) is 7.49. The molecule has 0 aliphatic carbocycles. The summed E-state index contributed by atoms with van der Waals surface area (Å²) in [6.45, 7) is 0. The van der Waals surface area contributed by atoms with Gasteiger partial charge in [0.15, 0.2) is 6.17 Å². The second-order valence-electron chi connectivity index (χ2n) is 9.90. The molecule has 8 rings (SSSR count). The van der Waals surface area contributed by atoms with Gasteiger partial charge < -0.3 is 9.73 Å². The van der Waals surface area contributed by atoms with Crippen molar-refractivity contribution in [2.45, 2.75) is 6.17 Å². The molecule has 0 amide bonds. The fraction of sp³-hybridized carbons (Fsp3) is 0.0286. The summed E-state index contributed by atoms with van der Waals surface area (Å²) in [6.07, 6.45) is -0.388. The van der Waals surface area contributed by atoms with Crippen LogP contribution in [0.1, 0.15) is 22.9 Å². The zero-order chi connectivity index (χ0) is 25.8. The molecule has 0 fully saturated rings. The van der Waals surface area contributed by atoms with Crippen LogP contribution in [0.4, 0.5) is 0 Å². The smallest absolute Gasteiger partial charge is 0.169 e. The van der Waals surface area contributed by atoms with Crippen LogP contribution in [-0.4, -0.2) is 11.7 Å². The van der Waals surface area contributed by atoms with E-state index in [1.807, 2.05) is 30.3 Å². The van der Waals surface area contributed by atoms with Crippen molar-refractivity contribution >= 4 is 55.2 Å². The molecule has 1 unspecified atom stereocenters. The van der Waals surface area contributed by atoms with E-state index in [0.717, 1.165) is 50.3 Å². The summed E-state index contributed by atoms with van der Waals surface area (Å²) in [7, 11) is 0. The molecule has 1 aromatic heterocycles. The first-order chi connectivity index (χ1) is 19.3. The third kappa shape index (κ3) is 3.69. The number of nitrogens with one attached hydrogen (secondary N) is 1. The van der Waals surface area contributed by atoms with E-state index in [9.17, 15) is 0 Å². The number of hydrogen-bond donors (Lipinski definition) is 1. The standard InChI is InChI=1S/C35H23N3O/c1-3-10-24-20-26(18-16-22(24)8-1)33-36-34(27-19-17-23-9-2-4-11-25(23)21-27)38-35(37-33)29-13-7-15-31-32(29)28-12-5-6-14-30(28)39-31/h1-21,33H,(H,36,37,38). The van der Waals surface area contributed by atoms with Crippen LogP contribution in [0, 0.1) is 0 Å². The van der Waals surface area contributed by atoms with Crippen molar-refractivity contribution < 1.29 is 4.42 Å². The molecule has 0 spiro atoms. The highest BCUT2D eigenvalue weighted by Gasteiger charge is 2.23. The summed E-state index contributed by atoms with van der Waals surface area (Å²) in [6, 6.07) is 44.0. The molecule has 2 heterocycles. The van der Waals surface area contributed by atoms with E-state index in [2.05, 4.69) is 102 Å². The number of aliphatic imine (C=N–C) groups is 2. The number of amidine groups is 2. The van der Waals surface area contributed by atoms with Crippen molar-refractivity contribution in [3.8, 4) is 0 Å². The Morgan fingerprint density at radius 2 is 1.21 bits per heavy atom. The van der Waals surface area contributed by atoms with Gasteiger partial charge in [-0.2, -0.15) is 0 Å². The fourth-order valence-electron chi connectivity index (χ4n) is 5.56. The van der Waals surface area contributed by atoms with Crippen molar-refractivity contribution in [3.05, 3.63) is 144 Å². The molecule has 1 atom stereocenters. The Balaban J connectivity index is 1.33. The minimum absolute atomic E-state index is 0.388. The zero-order valence-corrected chi connectivity index (χ0v) is 21.0. The molecule has 1 N–H and O–H groups in total. The maximum Gasteiger partial charge on any atom is 0.169 e. The summed E-state index contributed by atoms with van der Waals surface area (Å²) in [5.41, 5.74) is 4.78. The lowest BCUT2D eigenvalue weighted by Crippen LogP contribution is -2.36. The molecule has 7 aromatic rings. The van der Waals surface area contributed by atoms with E-state index in [1.165, 1.54) is 21.5 Å². The minimum atomic E-state index is -0.388. The van der Waals surface area contributed by atoms with Crippen LogP contribution in [0.2, 0.25) is 0 Å². The van der Waals surface area contributed by atoms with Gasteiger partial charge in [-0.15, -0.1) is 0 Å². The Morgan fingerprint density at radius 3 is 2.05 bits per heavy atom. The van der Waals surface area contributed by atoms with E-state index in [-0.39, 0.29) is 6.17 Å². The largest absolute Gasteiger partial charge is 0.456 e. The number of fused-ring (bicyclic) bond motifs is 5. The lowest BCUT2D eigenvalue weighted by molar-refractivity contribution is 0.669. The van der Waals surface area contributed by atoms with Gasteiger partial charge in [0.05, 0.1) is 0 Å². The maximum absolute atomic E-state index is 6.19. The van der Waals surface area contributed by atoms with Gasteiger partial charge in [-0.3, -0.25) is 0 Å². The second-order valence-corrected chi connectivity index (χ2v) is 9.90. The molecule has 1 aliphatic heterocycles. The second kappa shape index (κ2) is 8.67. The lowest BCUT2D eigenvalue weighted by Gasteiger charge is -2.23. The van der Waals surface area contributed by atoms with Crippen LogP contribution < -0.4 is 5.32 Å². The average Bonchev–Trinajstić information content (AvgIpc) is 3.39. The van der Waals surface area contributed by atoms with Crippen LogP contribution in [0.5, 0.6) is 0 Å². The lowest BCUT2D eigenvalue weighted by atomic mass is 10.0. The Kier molecular flexibility index (Phi) is 4.85. The SMILES string of the molecule is c1ccc2cc(C3=NC(c4ccc5ccccc5c4)N=C(c4cccc5oc6ccccc6c45)N3)ccc2c1. The molecule has 39 heavy (non-hydrogen) atoms. The first-order valence-electron chi connectivity index (χ1n) is 13.1. The summed E-state index contributed by atoms with van der Waals surface area (Å²) in [5, 5.41) is 10.5. The van der Waals surface area contributed by atoms with Gasteiger partial charge in [0.25, 0.3) is 0 Å².